The molecule has 0 fully saturated rings. The van der Waals surface area contributed by atoms with E-state index in [0.717, 1.165) is 0 Å². The van der Waals surface area contributed by atoms with E-state index in [-0.39, 0.29) is 0 Å². The molecule has 0 aliphatic heterocycles. The Balaban J connectivity index is 0. The zero-order valence-electron chi connectivity index (χ0n) is 8.65. The first-order chi connectivity index (χ1) is 5.33. The normalized spacial score (nSPS) is 8.73. The second-order valence-corrected chi connectivity index (χ2v) is 3.84. The van der Waals surface area contributed by atoms with Gasteiger partial charge in [-0.1, -0.05) is 40.5 Å². The van der Waals surface area contributed by atoms with Gasteiger partial charge in [-0.3, -0.25) is 0 Å². The monoisotopic (exact) mass is 176 g/mol. The molecular weight excluding hydrogens is 152 g/mol. The molecule has 0 saturated heterocycles. The van der Waals surface area contributed by atoms with Gasteiger partial charge in [0.05, 0.1) is 0 Å². The zero-order valence-corrected chi connectivity index (χ0v) is 9.47. The summed E-state index contributed by atoms with van der Waals surface area (Å²) in [5, 5.41) is 0. The third-order valence-electron chi connectivity index (χ3n) is 1.20. The summed E-state index contributed by atoms with van der Waals surface area (Å²) in [6.07, 6.45) is 5.29. The average molecular weight is 176 g/mol. The molecule has 0 bridgehead atoms. The van der Waals surface area contributed by atoms with E-state index in [0.29, 0.717) is 0 Å². The molecular formula is C10H24S. The van der Waals surface area contributed by atoms with Crippen LogP contribution in [-0.2, 0) is 0 Å². The first kappa shape index (κ1) is 13.9. The van der Waals surface area contributed by atoms with Crippen LogP contribution in [0.3, 0.4) is 0 Å². The quantitative estimate of drug-likeness (QED) is 0.561. The van der Waals surface area contributed by atoms with Crippen molar-refractivity contribution < 1.29 is 0 Å². The Morgan fingerprint density at radius 2 is 1.00 bits per heavy atom. The standard InChI is InChI=1S/C6H14S.C4H10/c1-3-5-7-6-4-2;1-3-4-2/h3-6H2,1-2H3;3-4H2,1-2H3. The molecule has 0 aromatic rings. The number of unbranched alkanes of at least 4 members (excludes halogenated alkanes) is 1. The van der Waals surface area contributed by atoms with Crippen molar-refractivity contribution in [1.29, 1.82) is 0 Å². The van der Waals surface area contributed by atoms with E-state index < -0.39 is 0 Å². The molecule has 0 rings (SSSR count). The van der Waals surface area contributed by atoms with E-state index in [2.05, 4.69) is 39.5 Å². The number of hydrogen-bond acceptors (Lipinski definition) is 1. The van der Waals surface area contributed by atoms with Crippen LogP contribution in [0, 0.1) is 0 Å². The van der Waals surface area contributed by atoms with Crippen molar-refractivity contribution in [3.8, 4) is 0 Å². The maximum absolute atomic E-state index is 2.22. The molecule has 0 nitrogen and oxygen atoms in total. The average Bonchev–Trinajstić information content (AvgIpc) is 2.06. The first-order valence-electron chi connectivity index (χ1n) is 4.91. The number of thioether (sulfide) groups is 1. The molecule has 0 amide bonds. The fourth-order valence-corrected chi connectivity index (χ4v) is 1.17. The molecule has 0 aliphatic carbocycles. The lowest BCUT2D eigenvalue weighted by Crippen LogP contribution is -1.76. The summed E-state index contributed by atoms with van der Waals surface area (Å²) in [7, 11) is 0. The zero-order chi connectivity index (χ0) is 8.95. The van der Waals surface area contributed by atoms with Gasteiger partial charge in [-0.25, -0.2) is 0 Å². The summed E-state index contributed by atoms with van der Waals surface area (Å²) in [6, 6.07) is 0. The Morgan fingerprint density at radius 1 is 0.636 bits per heavy atom. The molecule has 0 radical (unpaired) electrons. The van der Waals surface area contributed by atoms with E-state index in [9.17, 15) is 0 Å². The van der Waals surface area contributed by atoms with Crippen LogP contribution in [0.4, 0.5) is 0 Å². The van der Waals surface area contributed by atoms with Crippen LogP contribution in [0.5, 0.6) is 0 Å². The van der Waals surface area contributed by atoms with E-state index >= 15 is 0 Å². The lowest BCUT2D eigenvalue weighted by Gasteiger charge is -1.91. The Hall–Kier alpha value is 0.350. The summed E-state index contributed by atoms with van der Waals surface area (Å²) in [4.78, 5) is 0. The summed E-state index contributed by atoms with van der Waals surface area (Å²) in [6.45, 7) is 8.81. The van der Waals surface area contributed by atoms with E-state index in [1.807, 2.05) is 0 Å². The van der Waals surface area contributed by atoms with Gasteiger partial charge < -0.3 is 0 Å². The first-order valence-corrected chi connectivity index (χ1v) is 6.06. The maximum atomic E-state index is 2.22. The number of hydrogen-bond donors (Lipinski definition) is 0. The van der Waals surface area contributed by atoms with Gasteiger partial charge in [0.2, 0.25) is 0 Å². The minimum Gasteiger partial charge on any atom is -0.162 e. The SMILES string of the molecule is CCCC.CCCSCCC. The van der Waals surface area contributed by atoms with Gasteiger partial charge >= 0.3 is 0 Å². The number of rotatable bonds is 5. The van der Waals surface area contributed by atoms with Crippen molar-refractivity contribution in [3.63, 3.8) is 0 Å². The maximum Gasteiger partial charge on any atom is -0.00702 e. The third-order valence-corrected chi connectivity index (χ3v) is 2.59. The second-order valence-electron chi connectivity index (χ2n) is 2.61. The van der Waals surface area contributed by atoms with Crippen LogP contribution in [-0.4, -0.2) is 11.5 Å². The summed E-state index contributed by atoms with van der Waals surface area (Å²) in [5.41, 5.74) is 0. The van der Waals surface area contributed by atoms with Crippen LogP contribution in [0.2, 0.25) is 0 Å². The Morgan fingerprint density at radius 3 is 1.18 bits per heavy atom. The van der Waals surface area contributed by atoms with Gasteiger partial charge in [0.15, 0.2) is 0 Å². The Kier molecular flexibility index (Phi) is 21.2. The van der Waals surface area contributed by atoms with E-state index in [1.54, 1.807) is 0 Å². The van der Waals surface area contributed by atoms with Crippen molar-refractivity contribution in [2.24, 2.45) is 0 Å². The topological polar surface area (TPSA) is 0 Å². The fourth-order valence-electron chi connectivity index (χ4n) is 0.391. The van der Waals surface area contributed by atoms with Crippen LogP contribution in [0.1, 0.15) is 53.4 Å². The van der Waals surface area contributed by atoms with Gasteiger partial charge in [0.1, 0.15) is 0 Å². The Labute approximate surface area is 77.2 Å². The molecule has 0 atom stereocenters. The highest BCUT2D eigenvalue weighted by molar-refractivity contribution is 7.99. The minimum absolute atomic E-state index is 1.32. The smallest absolute Gasteiger partial charge is 0.00702 e. The fraction of sp³-hybridized carbons (Fsp3) is 1.00. The summed E-state index contributed by atoms with van der Waals surface area (Å²) in [5.74, 6) is 2.68. The van der Waals surface area contributed by atoms with E-state index in [4.69, 9.17) is 0 Å². The Bertz CT molecular complexity index is 38.1. The van der Waals surface area contributed by atoms with Crippen LogP contribution >= 0.6 is 11.8 Å². The molecule has 0 heterocycles. The molecule has 11 heavy (non-hydrogen) atoms. The van der Waals surface area contributed by atoms with E-state index in [1.165, 1.54) is 37.2 Å². The van der Waals surface area contributed by atoms with Crippen molar-refractivity contribution >= 4 is 11.8 Å². The highest BCUT2D eigenvalue weighted by Gasteiger charge is 1.79. The van der Waals surface area contributed by atoms with Crippen LogP contribution in [0.25, 0.3) is 0 Å². The highest BCUT2D eigenvalue weighted by atomic mass is 32.2. The molecule has 70 valence electrons. The third kappa shape index (κ3) is 25.2. The van der Waals surface area contributed by atoms with Crippen molar-refractivity contribution in [2.45, 2.75) is 53.4 Å². The molecule has 1 heteroatoms. The predicted octanol–water partition coefficient (Wildman–Crippen LogP) is 4.35. The van der Waals surface area contributed by atoms with Crippen LogP contribution in [0.15, 0.2) is 0 Å². The van der Waals surface area contributed by atoms with Gasteiger partial charge in [0, 0.05) is 0 Å². The summed E-state index contributed by atoms with van der Waals surface area (Å²) < 4.78 is 0. The molecule has 0 N–H and O–H groups in total. The molecule has 0 aromatic carbocycles. The van der Waals surface area contributed by atoms with Gasteiger partial charge in [-0.2, -0.15) is 11.8 Å². The second kappa shape index (κ2) is 16.7. The largest absolute Gasteiger partial charge is 0.162 e. The molecule has 0 saturated carbocycles. The minimum atomic E-state index is 1.32. The van der Waals surface area contributed by atoms with Gasteiger partial charge in [-0.05, 0) is 24.3 Å². The van der Waals surface area contributed by atoms with Crippen molar-refractivity contribution in [1.82, 2.24) is 0 Å². The molecule has 0 spiro atoms. The lowest BCUT2D eigenvalue weighted by molar-refractivity contribution is 0.886. The molecule has 0 aliphatic rings. The summed E-state index contributed by atoms with van der Waals surface area (Å²) >= 11 is 2.05. The predicted molar refractivity (Wildman–Crippen MR) is 58.5 cm³/mol. The van der Waals surface area contributed by atoms with Gasteiger partial charge in [0.25, 0.3) is 0 Å². The van der Waals surface area contributed by atoms with Crippen molar-refractivity contribution in [2.75, 3.05) is 11.5 Å². The van der Waals surface area contributed by atoms with Crippen LogP contribution < -0.4 is 0 Å². The highest BCUT2D eigenvalue weighted by Crippen LogP contribution is 2.02. The van der Waals surface area contributed by atoms with Crippen molar-refractivity contribution in [3.05, 3.63) is 0 Å². The molecule has 0 aromatic heterocycles. The lowest BCUT2D eigenvalue weighted by atomic mass is 10.4. The van der Waals surface area contributed by atoms with Gasteiger partial charge in [-0.15, -0.1) is 0 Å². The molecule has 0 unspecified atom stereocenters.